The minimum atomic E-state index is -0.806. The highest BCUT2D eigenvalue weighted by atomic mass is 32.2. The number of aliphatic hydroxyl groups excluding tert-OH is 1. The van der Waals surface area contributed by atoms with Gasteiger partial charge in [0.1, 0.15) is 17.5 Å². The number of nitrogens with zero attached hydrogens (tertiary/aromatic N) is 3. The van der Waals surface area contributed by atoms with Crippen LogP contribution in [0, 0.1) is 0 Å². The van der Waals surface area contributed by atoms with Crippen molar-refractivity contribution in [2.24, 2.45) is 0 Å². The fourth-order valence-electron chi connectivity index (χ4n) is 3.27. The van der Waals surface area contributed by atoms with Crippen LogP contribution in [0.5, 0.6) is 11.5 Å². The highest BCUT2D eigenvalue weighted by Crippen LogP contribution is 2.22. The molecule has 1 heterocycles. The van der Waals surface area contributed by atoms with Gasteiger partial charge in [0, 0.05) is 17.8 Å². The number of benzene rings is 2. The van der Waals surface area contributed by atoms with Crippen molar-refractivity contribution >= 4 is 29.3 Å². The SMILES string of the molecule is C=CCn1c(SCC(=O)Nc2ccc(OCC)cc2)nnc1[C@@H](CO)NC(=O)c1ccc(OC)cc1. The Morgan fingerprint density at radius 3 is 2.44 bits per heavy atom. The van der Waals surface area contributed by atoms with Crippen LogP contribution in [-0.2, 0) is 11.3 Å². The molecule has 36 heavy (non-hydrogen) atoms. The number of aliphatic hydroxyl groups is 1. The summed E-state index contributed by atoms with van der Waals surface area (Å²) in [5.41, 5.74) is 1.06. The van der Waals surface area contributed by atoms with Gasteiger partial charge in [0.2, 0.25) is 5.91 Å². The second-order valence-corrected chi connectivity index (χ2v) is 8.41. The second kappa shape index (κ2) is 13.3. The number of carbonyl (C=O) groups is 2. The van der Waals surface area contributed by atoms with Crippen LogP contribution in [0.15, 0.2) is 66.3 Å². The van der Waals surface area contributed by atoms with E-state index in [1.54, 1.807) is 66.3 Å². The predicted octanol–water partition coefficient (Wildman–Crippen LogP) is 3.07. The van der Waals surface area contributed by atoms with E-state index in [-0.39, 0.29) is 24.2 Å². The lowest BCUT2D eigenvalue weighted by Gasteiger charge is -2.17. The molecule has 0 fully saturated rings. The Bertz CT molecular complexity index is 1160. The van der Waals surface area contributed by atoms with Gasteiger partial charge in [0.05, 0.1) is 26.1 Å². The van der Waals surface area contributed by atoms with Crippen molar-refractivity contribution < 1.29 is 24.2 Å². The average molecular weight is 512 g/mol. The average Bonchev–Trinajstić information content (AvgIpc) is 3.29. The Labute approximate surface area is 213 Å². The van der Waals surface area contributed by atoms with Gasteiger partial charge in [-0.05, 0) is 55.5 Å². The van der Waals surface area contributed by atoms with E-state index in [0.717, 1.165) is 5.75 Å². The Balaban J connectivity index is 1.66. The van der Waals surface area contributed by atoms with E-state index < -0.39 is 6.04 Å². The molecule has 0 aliphatic carbocycles. The first kappa shape index (κ1) is 26.8. The third-order valence-corrected chi connectivity index (χ3v) is 5.96. The maximum atomic E-state index is 12.7. The molecule has 0 bridgehead atoms. The van der Waals surface area contributed by atoms with E-state index in [1.807, 2.05) is 6.92 Å². The molecule has 2 aromatic carbocycles. The number of carbonyl (C=O) groups excluding carboxylic acids is 2. The number of rotatable bonds is 13. The fraction of sp³-hybridized carbons (Fsp3) is 0.280. The van der Waals surface area contributed by atoms with Gasteiger partial charge >= 0.3 is 0 Å². The number of nitrogens with one attached hydrogen (secondary N) is 2. The third kappa shape index (κ3) is 7.09. The zero-order chi connectivity index (χ0) is 25.9. The standard InChI is InChI=1S/C25H29N5O5S/c1-4-14-30-23(21(15-31)27-24(33)17-6-10-19(34-3)11-7-17)28-29-25(30)36-16-22(32)26-18-8-12-20(13-9-18)35-5-2/h4,6-13,21,31H,1,5,14-16H2,2-3H3,(H,26,32)(H,27,33)/t21-/m1/s1. The summed E-state index contributed by atoms with van der Waals surface area (Å²) in [5, 5.41) is 24.4. The lowest BCUT2D eigenvalue weighted by molar-refractivity contribution is -0.113. The normalized spacial score (nSPS) is 11.4. The van der Waals surface area contributed by atoms with E-state index in [2.05, 4.69) is 27.4 Å². The number of allylic oxidation sites excluding steroid dienone is 1. The molecule has 11 heteroatoms. The quantitative estimate of drug-likeness (QED) is 0.236. The molecule has 3 aromatic rings. The molecule has 10 nitrogen and oxygen atoms in total. The van der Waals surface area contributed by atoms with E-state index >= 15 is 0 Å². The van der Waals surface area contributed by atoms with Gasteiger partial charge in [0.25, 0.3) is 5.91 Å². The largest absolute Gasteiger partial charge is 0.497 e. The Kier molecular flexibility index (Phi) is 9.90. The van der Waals surface area contributed by atoms with Crippen LogP contribution < -0.4 is 20.1 Å². The molecule has 1 aromatic heterocycles. The number of methoxy groups -OCH3 is 1. The number of hydrogen-bond acceptors (Lipinski definition) is 8. The van der Waals surface area contributed by atoms with Crippen LogP contribution in [0.2, 0.25) is 0 Å². The molecule has 190 valence electrons. The van der Waals surface area contributed by atoms with Crippen molar-refractivity contribution in [1.82, 2.24) is 20.1 Å². The molecule has 3 rings (SSSR count). The van der Waals surface area contributed by atoms with Gasteiger partial charge < -0.3 is 29.8 Å². The number of ether oxygens (including phenoxy) is 2. The predicted molar refractivity (Wildman–Crippen MR) is 137 cm³/mol. The number of anilines is 1. The van der Waals surface area contributed by atoms with Crippen molar-refractivity contribution in [1.29, 1.82) is 0 Å². The van der Waals surface area contributed by atoms with Crippen LogP contribution >= 0.6 is 11.8 Å². The van der Waals surface area contributed by atoms with Gasteiger partial charge in [-0.25, -0.2) is 0 Å². The fourth-order valence-corrected chi connectivity index (χ4v) is 4.02. The summed E-state index contributed by atoms with van der Waals surface area (Å²) in [4.78, 5) is 25.2. The van der Waals surface area contributed by atoms with Gasteiger partial charge in [-0.1, -0.05) is 17.8 Å². The Morgan fingerprint density at radius 2 is 1.83 bits per heavy atom. The zero-order valence-corrected chi connectivity index (χ0v) is 21.0. The van der Waals surface area contributed by atoms with Crippen LogP contribution in [0.3, 0.4) is 0 Å². The topological polar surface area (TPSA) is 128 Å². The lowest BCUT2D eigenvalue weighted by atomic mass is 10.2. The van der Waals surface area contributed by atoms with Crippen LogP contribution in [0.1, 0.15) is 29.1 Å². The van der Waals surface area contributed by atoms with Crippen LogP contribution in [0.4, 0.5) is 5.69 Å². The summed E-state index contributed by atoms with van der Waals surface area (Å²) in [6.45, 7) is 6.18. The monoisotopic (exact) mass is 511 g/mol. The zero-order valence-electron chi connectivity index (χ0n) is 20.1. The van der Waals surface area contributed by atoms with Crippen molar-refractivity contribution in [2.75, 3.05) is 31.4 Å². The summed E-state index contributed by atoms with van der Waals surface area (Å²) in [7, 11) is 1.54. The number of aromatic nitrogens is 3. The highest BCUT2D eigenvalue weighted by molar-refractivity contribution is 7.99. The van der Waals surface area contributed by atoms with Gasteiger partial charge in [0.15, 0.2) is 11.0 Å². The molecule has 0 radical (unpaired) electrons. The molecule has 2 amide bonds. The Hall–Kier alpha value is -3.83. The van der Waals surface area contributed by atoms with E-state index in [1.165, 1.54) is 11.8 Å². The minimum absolute atomic E-state index is 0.0878. The summed E-state index contributed by atoms with van der Waals surface area (Å²) >= 11 is 1.19. The molecule has 0 aliphatic rings. The van der Waals surface area contributed by atoms with Crippen LogP contribution in [-0.4, -0.2) is 57.8 Å². The summed E-state index contributed by atoms with van der Waals surface area (Å²) < 4.78 is 12.2. The van der Waals surface area contributed by atoms with Crippen molar-refractivity contribution in [3.05, 3.63) is 72.6 Å². The molecule has 1 atom stereocenters. The third-order valence-electron chi connectivity index (χ3n) is 4.99. The van der Waals surface area contributed by atoms with Gasteiger partial charge in [-0.15, -0.1) is 16.8 Å². The summed E-state index contributed by atoms with van der Waals surface area (Å²) in [6.07, 6.45) is 1.65. The van der Waals surface area contributed by atoms with Gasteiger partial charge in [-0.3, -0.25) is 9.59 Å². The van der Waals surface area contributed by atoms with E-state index in [4.69, 9.17) is 9.47 Å². The van der Waals surface area contributed by atoms with Crippen LogP contribution in [0.25, 0.3) is 0 Å². The molecule has 0 saturated heterocycles. The number of amides is 2. The molecule has 0 unspecified atom stereocenters. The highest BCUT2D eigenvalue weighted by Gasteiger charge is 2.23. The van der Waals surface area contributed by atoms with Crippen molar-refractivity contribution in [2.45, 2.75) is 24.7 Å². The first-order chi connectivity index (χ1) is 17.5. The molecular formula is C25H29N5O5S. The molecule has 0 aliphatic heterocycles. The lowest BCUT2D eigenvalue weighted by Crippen LogP contribution is -2.33. The van der Waals surface area contributed by atoms with E-state index in [0.29, 0.717) is 41.1 Å². The van der Waals surface area contributed by atoms with E-state index in [9.17, 15) is 14.7 Å². The Morgan fingerprint density at radius 1 is 1.14 bits per heavy atom. The molecule has 3 N–H and O–H groups in total. The maximum Gasteiger partial charge on any atom is 0.251 e. The second-order valence-electron chi connectivity index (χ2n) is 7.47. The van der Waals surface area contributed by atoms with Gasteiger partial charge in [-0.2, -0.15) is 0 Å². The van der Waals surface area contributed by atoms with Crippen molar-refractivity contribution in [3.63, 3.8) is 0 Å². The maximum absolute atomic E-state index is 12.7. The minimum Gasteiger partial charge on any atom is -0.497 e. The molecular weight excluding hydrogens is 482 g/mol. The summed E-state index contributed by atoms with van der Waals surface area (Å²) in [6, 6.07) is 12.9. The smallest absolute Gasteiger partial charge is 0.251 e. The first-order valence-corrected chi connectivity index (χ1v) is 12.2. The first-order valence-electron chi connectivity index (χ1n) is 11.2. The molecule has 0 saturated carbocycles. The molecule has 0 spiro atoms. The summed E-state index contributed by atoms with van der Waals surface area (Å²) in [5.74, 6) is 1.20. The van der Waals surface area contributed by atoms with Crippen molar-refractivity contribution in [3.8, 4) is 11.5 Å². The number of hydrogen-bond donors (Lipinski definition) is 3. The number of thioether (sulfide) groups is 1.